The molecule has 2 rings (SSSR count). The number of carbonyl (C=O) groups is 1. The molecule has 98 valence electrons. The van der Waals surface area contributed by atoms with Crippen LogP contribution in [0.5, 0.6) is 0 Å². The van der Waals surface area contributed by atoms with Gasteiger partial charge in [0.25, 0.3) is 5.91 Å². The molecule has 0 aliphatic carbocycles. The van der Waals surface area contributed by atoms with E-state index in [2.05, 4.69) is 15.5 Å². The fourth-order valence-electron chi connectivity index (χ4n) is 1.67. The molecular formula is C13H13FN4O. The van der Waals surface area contributed by atoms with Gasteiger partial charge in [0, 0.05) is 5.56 Å². The van der Waals surface area contributed by atoms with Gasteiger partial charge in [0.05, 0.1) is 6.04 Å². The number of halogens is 1. The highest BCUT2D eigenvalue weighted by Crippen LogP contribution is 2.19. The van der Waals surface area contributed by atoms with E-state index < -0.39 is 5.91 Å². The Labute approximate surface area is 109 Å². The summed E-state index contributed by atoms with van der Waals surface area (Å²) in [5, 5.41) is 10.5. The molecule has 0 bridgehead atoms. The summed E-state index contributed by atoms with van der Waals surface area (Å²) in [7, 11) is 0. The largest absolute Gasteiger partial charge is 0.364 e. The molecule has 6 heteroatoms. The molecule has 1 heterocycles. The van der Waals surface area contributed by atoms with Crippen LogP contribution in [0.3, 0.4) is 0 Å². The molecule has 0 saturated heterocycles. The zero-order chi connectivity index (χ0) is 13.8. The molecule has 19 heavy (non-hydrogen) atoms. The third-order valence-electron chi connectivity index (χ3n) is 2.65. The number of primary amides is 1. The Bertz CT molecular complexity index is 585. The predicted octanol–water partition coefficient (Wildman–Crippen LogP) is 1.89. The van der Waals surface area contributed by atoms with Gasteiger partial charge in [-0.25, -0.2) is 4.39 Å². The summed E-state index contributed by atoms with van der Waals surface area (Å²) >= 11 is 0. The SMILES string of the molecule is CC(Nc1ccc(C(N)=O)nn1)c1ccccc1F. The van der Waals surface area contributed by atoms with Crippen LogP contribution in [0.4, 0.5) is 10.2 Å². The number of nitrogens with zero attached hydrogens (tertiary/aromatic N) is 2. The van der Waals surface area contributed by atoms with Crippen LogP contribution in [0.1, 0.15) is 29.0 Å². The Morgan fingerprint density at radius 1 is 1.26 bits per heavy atom. The second kappa shape index (κ2) is 5.43. The van der Waals surface area contributed by atoms with E-state index in [4.69, 9.17) is 5.73 Å². The molecule has 1 aromatic heterocycles. The van der Waals surface area contributed by atoms with Gasteiger partial charge in [-0.05, 0) is 25.1 Å². The van der Waals surface area contributed by atoms with Crippen molar-refractivity contribution in [2.75, 3.05) is 5.32 Å². The van der Waals surface area contributed by atoms with E-state index in [9.17, 15) is 9.18 Å². The van der Waals surface area contributed by atoms with Gasteiger partial charge < -0.3 is 11.1 Å². The Morgan fingerprint density at radius 3 is 2.58 bits per heavy atom. The van der Waals surface area contributed by atoms with E-state index in [-0.39, 0.29) is 17.6 Å². The van der Waals surface area contributed by atoms with E-state index in [1.54, 1.807) is 24.3 Å². The topological polar surface area (TPSA) is 80.9 Å². The number of nitrogens with two attached hydrogens (primary N) is 1. The Balaban J connectivity index is 2.13. The first-order valence-corrected chi connectivity index (χ1v) is 5.72. The van der Waals surface area contributed by atoms with Gasteiger partial charge in [0.15, 0.2) is 5.69 Å². The molecule has 1 aromatic carbocycles. The van der Waals surface area contributed by atoms with Crippen molar-refractivity contribution in [3.63, 3.8) is 0 Å². The third kappa shape index (κ3) is 3.04. The summed E-state index contributed by atoms with van der Waals surface area (Å²) in [6.45, 7) is 1.81. The van der Waals surface area contributed by atoms with Crippen LogP contribution in [-0.4, -0.2) is 16.1 Å². The molecule has 1 amide bonds. The minimum Gasteiger partial charge on any atom is -0.364 e. The summed E-state index contributed by atoms with van der Waals surface area (Å²) in [5.41, 5.74) is 5.68. The lowest BCUT2D eigenvalue weighted by Gasteiger charge is -2.15. The second-order valence-electron chi connectivity index (χ2n) is 4.06. The van der Waals surface area contributed by atoms with E-state index in [1.807, 2.05) is 6.92 Å². The maximum Gasteiger partial charge on any atom is 0.269 e. The quantitative estimate of drug-likeness (QED) is 0.879. The number of anilines is 1. The van der Waals surface area contributed by atoms with Crippen LogP contribution in [0.2, 0.25) is 0 Å². The van der Waals surface area contributed by atoms with Crippen LogP contribution in [-0.2, 0) is 0 Å². The van der Waals surface area contributed by atoms with Crippen molar-refractivity contribution in [2.45, 2.75) is 13.0 Å². The lowest BCUT2D eigenvalue weighted by atomic mass is 10.1. The summed E-state index contributed by atoms with van der Waals surface area (Å²) in [4.78, 5) is 10.9. The molecule has 0 aliphatic heterocycles. The van der Waals surface area contributed by atoms with Crippen molar-refractivity contribution in [1.82, 2.24) is 10.2 Å². The molecule has 0 radical (unpaired) electrons. The highest BCUT2D eigenvalue weighted by molar-refractivity contribution is 5.90. The molecule has 0 saturated carbocycles. The molecule has 0 spiro atoms. The minimum absolute atomic E-state index is 0.0871. The number of rotatable bonds is 4. The average molecular weight is 260 g/mol. The lowest BCUT2D eigenvalue weighted by molar-refractivity contribution is 0.0994. The molecule has 0 fully saturated rings. The van der Waals surface area contributed by atoms with Gasteiger partial charge in [-0.2, -0.15) is 0 Å². The van der Waals surface area contributed by atoms with Gasteiger partial charge in [-0.15, -0.1) is 10.2 Å². The van der Waals surface area contributed by atoms with Gasteiger partial charge >= 0.3 is 0 Å². The second-order valence-corrected chi connectivity index (χ2v) is 4.06. The average Bonchev–Trinajstić information content (AvgIpc) is 2.39. The molecule has 2 aromatic rings. The van der Waals surface area contributed by atoms with E-state index in [0.29, 0.717) is 11.4 Å². The summed E-state index contributed by atoms with van der Waals surface area (Å²) in [5.74, 6) is -0.480. The molecule has 0 aliphatic rings. The molecule has 5 nitrogen and oxygen atoms in total. The van der Waals surface area contributed by atoms with Crippen LogP contribution in [0.15, 0.2) is 36.4 Å². The zero-order valence-electron chi connectivity index (χ0n) is 10.3. The smallest absolute Gasteiger partial charge is 0.269 e. The van der Waals surface area contributed by atoms with Crippen LogP contribution in [0.25, 0.3) is 0 Å². The van der Waals surface area contributed by atoms with Gasteiger partial charge in [-0.3, -0.25) is 4.79 Å². The summed E-state index contributed by atoms with van der Waals surface area (Å²) < 4.78 is 13.6. The third-order valence-corrected chi connectivity index (χ3v) is 2.65. The van der Waals surface area contributed by atoms with Crippen molar-refractivity contribution in [3.8, 4) is 0 Å². The van der Waals surface area contributed by atoms with E-state index in [1.165, 1.54) is 12.1 Å². The van der Waals surface area contributed by atoms with Crippen molar-refractivity contribution < 1.29 is 9.18 Å². The molecule has 3 N–H and O–H groups in total. The van der Waals surface area contributed by atoms with Gasteiger partial charge in [0.1, 0.15) is 11.6 Å². The fourth-order valence-corrected chi connectivity index (χ4v) is 1.67. The lowest BCUT2D eigenvalue weighted by Crippen LogP contribution is -2.15. The maximum atomic E-state index is 13.6. The van der Waals surface area contributed by atoms with Crippen LogP contribution >= 0.6 is 0 Å². The highest BCUT2D eigenvalue weighted by atomic mass is 19.1. The van der Waals surface area contributed by atoms with Crippen molar-refractivity contribution in [1.29, 1.82) is 0 Å². The zero-order valence-corrected chi connectivity index (χ0v) is 10.3. The van der Waals surface area contributed by atoms with Crippen LogP contribution < -0.4 is 11.1 Å². The van der Waals surface area contributed by atoms with Crippen molar-refractivity contribution in [2.24, 2.45) is 5.73 Å². The number of nitrogens with one attached hydrogen (secondary N) is 1. The predicted molar refractivity (Wildman–Crippen MR) is 69.0 cm³/mol. The Morgan fingerprint density at radius 2 is 2.00 bits per heavy atom. The standard InChI is InChI=1S/C13H13FN4O/c1-8(9-4-2-3-5-10(9)14)16-12-7-6-11(13(15)19)17-18-12/h2-8H,1H3,(H2,15,19)(H,16,18). The molecule has 1 atom stereocenters. The number of benzene rings is 1. The van der Waals surface area contributed by atoms with Crippen molar-refractivity contribution >= 4 is 11.7 Å². The minimum atomic E-state index is -0.638. The first kappa shape index (κ1) is 12.9. The van der Waals surface area contributed by atoms with E-state index >= 15 is 0 Å². The van der Waals surface area contributed by atoms with Crippen molar-refractivity contribution in [3.05, 3.63) is 53.5 Å². The maximum absolute atomic E-state index is 13.6. The first-order chi connectivity index (χ1) is 9.08. The van der Waals surface area contributed by atoms with E-state index in [0.717, 1.165) is 0 Å². The van der Waals surface area contributed by atoms with Crippen LogP contribution in [0, 0.1) is 5.82 Å². The fraction of sp³-hybridized carbons (Fsp3) is 0.154. The number of hydrogen-bond acceptors (Lipinski definition) is 4. The van der Waals surface area contributed by atoms with Gasteiger partial charge in [-0.1, -0.05) is 18.2 Å². The molecular weight excluding hydrogens is 247 g/mol. The Kier molecular flexibility index (Phi) is 3.70. The first-order valence-electron chi connectivity index (χ1n) is 5.72. The summed E-state index contributed by atoms with van der Waals surface area (Å²) in [6.07, 6.45) is 0. The number of hydrogen-bond donors (Lipinski definition) is 2. The normalized spacial score (nSPS) is 11.9. The Hall–Kier alpha value is -2.50. The summed E-state index contributed by atoms with van der Waals surface area (Å²) in [6, 6.07) is 9.25. The number of aromatic nitrogens is 2. The number of carbonyl (C=O) groups excluding carboxylic acids is 1. The monoisotopic (exact) mass is 260 g/mol. The molecule has 1 unspecified atom stereocenters. The number of amides is 1. The van der Waals surface area contributed by atoms with Gasteiger partial charge in [0.2, 0.25) is 0 Å². The highest BCUT2D eigenvalue weighted by Gasteiger charge is 2.11.